The van der Waals surface area contributed by atoms with E-state index in [0.717, 1.165) is 11.3 Å². The van der Waals surface area contributed by atoms with Gasteiger partial charge in [0.05, 0.1) is 12.1 Å². The number of carbonyl (C=O) groups excluding carboxylic acids is 2. The average molecular weight is 321 g/mol. The van der Waals surface area contributed by atoms with Gasteiger partial charge < -0.3 is 10.1 Å². The highest BCUT2D eigenvalue weighted by Crippen LogP contribution is 2.20. The van der Waals surface area contributed by atoms with E-state index in [9.17, 15) is 9.59 Å². The van der Waals surface area contributed by atoms with Crippen LogP contribution in [-0.2, 0) is 4.79 Å². The zero-order chi connectivity index (χ0) is 17.4. The van der Waals surface area contributed by atoms with Gasteiger partial charge in [0, 0.05) is 12.6 Å². The van der Waals surface area contributed by atoms with Crippen LogP contribution in [0.5, 0.6) is 5.75 Å². The minimum atomic E-state index is -0.498. The number of benzene rings is 1. The third kappa shape index (κ3) is 6.69. The van der Waals surface area contributed by atoms with Gasteiger partial charge in [-0.15, -0.1) is 0 Å². The summed E-state index contributed by atoms with van der Waals surface area (Å²) in [6.45, 7) is 9.90. The van der Waals surface area contributed by atoms with Crippen molar-refractivity contribution in [3.05, 3.63) is 29.8 Å². The molecule has 1 rings (SSSR count). The van der Waals surface area contributed by atoms with E-state index in [-0.39, 0.29) is 18.1 Å². The van der Waals surface area contributed by atoms with Crippen molar-refractivity contribution in [1.82, 2.24) is 16.0 Å². The van der Waals surface area contributed by atoms with E-state index in [1.165, 1.54) is 0 Å². The van der Waals surface area contributed by atoms with Crippen LogP contribution in [0.2, 0.25) is 0 Å². The summed E-state index contributed by atoms with van der Waals surface area (Å²) in [7, 11) is 0. The van der Waals surface area contributed by atoms with E-state index in [1.54, 1.807) is 13.8 Å². The smallest absolute Gasteiger partial charge is 0.321 e. The molecule has 2 atom stereocenters. The molecule has 6 nitrogen and oxygen atoms in total. The summed E-state index contributed by atoms with van der Waals surface area (Å²) in [5.74, 6) is 0.433. The van der Waals surface area contributed by atoms with Gasteiger partial charge in [-0.2, -0.15) is 0 Å². The second-order valence-electron chi connectivity index (χ2n) is 5.70. The first-order valence-electron chi connectivity index (χ1n) is 7.94. The van der Waals surface area contributed by atoms with Crippen molar-refractivity contribution in [2.24, 2.45) is 0 Å². The molecule has 128 valence electrons. The summed E-state index contributed by atoms with van der Waals surface area (Å²) in [5, 5.41) is 8.00. The number of nitrogens with one attached hydrogen (secondary N) is 3. The van der Waals surface area contributed by atoms with Crippen LogP contribution >= 0.6 is 0 Å². The lowest BCUT2D eigenvalue weighted by molar-refractivity contribution is -0.121. The molecular formula is C17H27N3O3. The predicted molar refractivity (Wildman–Crippen MR) is 90.4 cm³/mol. The molecule has 6 heteroatoms. The number of rotatable bonds is 7. The van der Waals surface area contributed by atoms with Gasteiger partial charge in [0.15, 0.2) is 0 Å². The Morgan fingerprint density at radius 2 is 1.87 bits per heavy atom. The van der Waals surface area contributed by atoms with Crippen molar-refractivity contribution in [3.8, 4) is 5.75 Å². The number of imide groups is 1. The molecule has 23 heavy (non-hydrogen) atoms. The van der Waals surface area contributed by atoms with Gasteiger partial charge in [-0.3, -0.25) is 15.4 Å². The highest BCUT2D eigenvalue weighted by atomic mass is 16.5. The Kier molecular flexibility index (Phi) is 7.54. The van der Waals surface area contributed by atoms with Crippen molar-refractivity contribution in [2.75, 3.05) is 6.54 Å². The fraction of sp³-hybridized carbons (Fsp3) is 0.529. The average Bonchev–Trinajstić information content (AvgIpc) is 2.46. The topological polar surface area (TPSA) is 79.5 Å². The Balaban J connectivity index is 2.62. The molecule has 0 saturated heterocycles. The second-order valence-corrected chi connectivity index (χ2v) is 5.70. The standard InChI is InChI=1S/C17H27N3O3/c1-6-18-17(22)20-16(21)13(5)19-12(4)14-8-7-9-15(10-14)23-11(2)3/h7-13,19H,6H2,1-5H3,(H2,18,20,21,22)/t12-,13+/m0/s1. The number of urea groups is 1. The minimum absolute atomic E-state index is 0.0549. The third-order valence-corrected chi connectivity index (χ3v) is 3.20. The number of ether oxygens (including phenoxy) is 1. The maximum Gasteiger partial charge on any atom is 0.321 e. The maximum atomic E-state index is 11.9. The molecule has 0 bridgehead atoms. The van der Waals surface area contributed by atoms with Crippen LogP contribution in [0.3, 0.4) is 0 Å². The predicted octanol–water partition coefficient (Wildman–Crippen LogP) is 2.36. The highest BCUT2D eigenvalue weighted by molar-refractivity contribution is 5.96. The summed E-state index contributed by atoms with van der Waals surface area (Å²) in [4.78, 5) is 23.3. The molecule has 3 amide bonds. The molecule has 0 unspecified atom stereocenters. The van der Waals surface area contributed by atoms with Crippen LogP contribution in [0.1, 0.15) is 46.2 Å². The van der Waals surface area contributed by atoms with Crippen LogP contribution in [0.4, 0.5) is 4.79 Å². The fourth-order valence-corrected chi connectivity index (χ4v) is 2.10. The second kappa shape index (κ2) is 9.15. The lowest BCUT2D eigenvalue weighted by Crippen LogP contribution is -2.48. The largest absolute Gasteiger partial charge is 0.491 e. The summed E-state index contributed by atoms with van der Waals surface area (Å²) in [6, 6.07) is 6.71. The van der Waals surface area contributed by atoms with E-state index in [0.29, 0.717) is 6.54 Å². The molecule has 3 N–H and O–H groups in total. The van der Waals surface area contributed by atoms with Gasteiger partial charge in [0.25, 0.3) is 0 Å². The van der Waals surface area contributed by atoms with Crippen LogP contribution in [0.25, 0.3) is 0 Å². The number of hydrogen-bond donors (Lipinski definition) is 3. The lowest BCUT2D eigenvalue weighted by Gasteiger charge is -2.20. The minimum Gasteiger partial charge on any atom is -0.491 e. The van der Waals surface area contributed by atoms with Crippen molar-refractivity contribution in [3.63, 3.8) is 0 Å². The highest BCUT2D eigenvalue weighted by Gasteiger charge is 2.18. The van der Waals surface area contributed by atoms with Gasteiger partial charge in [0.2, 0.25) is 5.91 Å². The molecule has 0 radical (unpaired) electrons. The summed E-state index contributed by atoms with van der Waals surface area (Å²) in [5.41, 5.74) is 1.01. The molecule has 0 aromatic heterocycles. The SMILES string of the molecule is CCNC(=O)NC(=O)[C@@H](C)N[C@@H](C)c1cccc(OC(C)C)c1. The molecule has 0 saturated carbocycles. The van der Waals surface area contributed by atoms with Crippen molar-refractivity contribution in [2.45, 2.75) is 52.8 Å². The Morgan fingerprint density at radius 3 is 2.48 bits per heavy atom. The van der Waals surface area contributed by atoms with Crippen molar-refractivity contribution >= 4 is 11.9 Å². The van der Waals surface area contributed by atoms with Gasteiger partial charge >= 0.3 is 6.03 Å². The maximum absolute atomic E-state index is 11.9. The van der Waals surface area contributed by atoms with E-state index < -0.39 is 12.1 Å². The molecule has 0 heterocycles. The Hall–Kier alpha value is -2.08. The van der Waals surface area contributed by atoms with E-state index in [1.807, 2.05) is 45.0 Å². The Labute approximate surface area is 138 Å². The van der Waals surface area contributed by atoms with Gasteiger partial charge in [-0.25, -0.2) is 4.79 Å². The molecule has 0 spiro atoms. The quantitative estimate of drug-likeness (QED) is 0.720. The molecular weight excluding hydrogens is 294 g/mol. The Bertz CT molecular complexity index is 532. The first-order valence-corrected chi connectivity index (χ1v) is 7.94. The van der Waals surface area contributed by atoms with Crippen LogP contribution < -0.4 is 20.7 Å². The van der Waals surface area contributed by atoms with E-state index in [4.69, 9.17) is 4.74 Å². The van der Waals surface area contributed by atoms with Crippen LogP contribution in [0, 0.1) is 0 Å². The van der Waals surface area contributed by atoms with Gasteiger partial charge in [-0.05, 0) is 52.3 Å². The molecule has 0 fully saturated rings. The molecule has 0 aliphatic heterocycles. The summed E-state index contributed by atoms with van der Waals surface area (Å²) >= 11 is 0. The molecule has 0 aliphatic carbocycles. The number of carbonyl (C=O) groups is 2. The van der Waals surface area contributed by atoms with Crippen molar-refractivity contribution < 1.29 is 14.3 Å². The third-order valence-electron chi connectivity index (χ3n) is 3.20. The number of hydrogen-bond acceptors (Lipinski definition) is 4. The number of amides is 3. The molecule has 1 aromatic carbocycles. The monoisotopic (exact) mass is 321 g/mol. The summed E-state index contributed by atoms with van der Waals surface area (Å²) < 4.78 is 5.68. The lowest BCUT2D eigenvalue weighted by atomic mass is 10.1. The first kappa shape index (κ1) is 19.0. The van der Waals surface area contributed by atoms with Crippen LogP contribution in [0.15, 0.2) is 24.3 Å². The van der Waals surface area contributed by atoms with Crippen molar-refractivity contribution in [1.29, 1.82) is 0 Å². The van der Waals surface area contributed by atoms with Crippen LogP contribution in [-0.4, -0.2) is 30.6 Å². The van der Waals surface area contributed by atoms with E-state index in [2.05, 4.69) is 16.0 Å². The first-order chi connectivity index (χ1) is 10.8. The van der Waals surface area contributed by atoms with Gasteiger partial charge in [0.1, 0.15) is 5.75 Å². The zero-order valence-electron chi connectivity index (χ0n) is 14.5. The molecule has 0 aliphatic rings. The fourth-order valence-electron chi connectivity index (χ4n) is 2.10. The van der Waals surface area contributed by atoms with Gasteiger partial charge in [-0.1, -0.05) is 12.1 Å². The summed E-state index contributed by atoms with van der Waals surface area (Å²) in [6.07, 6.45) is 0.107. The Morgan fingerprint density at radius 1 is 1.17 bits per heavy atom. The van der Waals surface area contributed by atoms with E-state index >= 15 is 0 Å². The normalized spacial score (nSPS) is 13.3. The zero-order valence-corrected chi connectivity index (χ0v) is 14.5. The molecule has 1 aromatic rings.